The molecule has 6 heteroatoms. The van der Waals surface area contributed by atoms with Crippen molar-refractivity contribution in [1.82, 2.24) is 9.55 Å². The number of fused-ring (bicyclic) bond motifs is 1. The zero-order valence-corrected chi connectivity index (χ0v) is 17.7. The number of halogens is 1. The fraction of sp³-hybridized carbons (Fsp3) is 0.364. The summed E-state index contributed by atoms with van der Waals surface area (Å²) in [7, 11) is 3.59. The lowest BCUT2D eigenvalue weighted by molar-refractivity contribution is 0.416. The Morgan fingerprint density at radius 2 is 2.00 bits per heavy atom. The number of anilines is 2. The smallest absolute Gasteiger partial charge is 0.208 e. The Balaban J connectivity index is 2.21. The second-order valence-corrected chi connectivity index (χ2v) is 7.38. The highest BCUT2D eigenvalue weighted by Gasteiger charge is 2.20. The van der Waals surface area contributed by atoms with Crippen molar-refractivity contribution in [3.8, 4) is 11.8 Å². The number of hydrogen-bond acceptors (Lipinski definition) is 4. The Labute approximate surface area is 170 Å². The third-order valence-electron chi connectivity index (χ3n) is 5.32. The molecule has 1 aromatic heterocycles. The molecule has 0 saturated heterocycles. The molecule has 0 fully saturated rings. The minimum atomic E-state index is 0.422. The number of aryl methyl sites for hydroxylation is 2. The summed E-state index contributed by atoms with van der Waals surface area (Å²) in [4.78, 5) is 4.77. The van der Waals surface area contributed by atoms with Crippen LogP contribution in [0.3, 0.4) is 0 Å². The highest BCUT2D eigenvalue weighted by atomic mass is 35.5. The van der Waals surface area contributed by atoms with Gasteiger partial charge in [-0.1, -0.05) is 31.5 Å². The van der Waals surface area contributed by atoms with Crippen molar-refractivity contribution >= 4 is 34.3 Å². The number of ether oxygens (including phenoxy) is 1. The Morgan fingerprint density at radius 1 is 1.29 bits per heavy atom. The molecule has 0 bridgehead atoms. The molecule has 0 unspecified atom stereocenters. The molecule has 0 spiro atoms. The van der Waals surface area contributed by atoms with Gasteiger partial charge in [0.05, 0.1) is 23.9 Å². The number of nitrogens with one attached hydrogen (secondary N) is 1. The lowest BCUT2D eigenvalue weighted by Gasteiger charge is -2.16. The van der Waals surface area contributed by atoms with Crippen LogP contribution in [0.25, 0.3) is 11.0 Å². The Kier molecular flexibility index (Phi) is 5.81. The lowest BCUT2D eigenvalue weighted by atomic mass is 9.92. The van der Waals surface area contributed by atoms with E-state index < -0.39 is 0 Å². The first kappa shape index (κ1) is 20.0. The minimum absolute atomic E-state index is 0.422. The van der Waals surface area contributed by atoms with Crippen molar-refractivity contribution in [2.75, 3.05) is 12.4 Å². The van der Waals surface area contributed by atoms with Gasteiger partial charge >= 0.3 is 0 Å². The monoisotopic (exact) mass is 396 g/mol. The molecule has 28 heavy (non-hydrogen) atoms. The first-order chi connectivity index (χ1) is 13.4. The Hall–Kier alpha value is -2.71. The zero-order valence-electron chi connectivity index (χ0n) is 16.9. The fourth-order valence-electron chi connectivity index (χ4n) is 3.75. The third-order valence-corrected chi connectivity index (χ3v) is 5.54. The van der Waals surface area contributed by atoms with Crippen molar-refractivity contribution in [3.63, 3.8) is 0 Å². The van der Waals surface area contributed by atoms with Crippen LogP contribution in [0.2, 0.25) is 5.02 Å². The molecule has 1 heterocycles. The molecule has 0 amide bonds. The van der Waals surface area contributed by atoms with Gasteiger partial charge in [-0.15, -0.1) is 0 Å². The highest BCUT2D eigenvalue weighted by Crippen LogP contribution is 2.37. The van der Waals surface area contributed by atoms with Crippen LogP contribution in [-0.4, -0.2) is 16.7 Å². The molecule has 0 aliphatic carbocycles. The maximum atomic E-state index is 9.57. The summed E-state index contributed by atoms with van der Waals surface area (Å²) >= 11 is 6.16. The van der Waals surface area contributed by atoms with Gasteiger partial charge in [0.1, 0.15) is 17.3 Å². The first-order valence-corrected chi connectivity index (χ1v) is 9.83. The summed E-state index contributed by atoms with van der Waals surface area (Å²) in [5.41, 5.74) is 5.29. The summed E-state index contributed by atoms with van der Waals surface area (Å²) in [6.45, 7) is 6.35. The van der Waals surface area contributed by atoms with Crippen LogP contribution < -0.4 is 10.1 Å². The van der Waals surface area contributed by atoms with Crippen LogP contribution in [-0.2, 0) is 7.05 Å². The standard InChI is InChI=1S/C22H25ClN4O/c1-6-14(7-2)17-9-8-15(12-24)20-21(17)27(4)22(26-20)25-19-13(3)10-16(23)11-18(19)28-5/h8-11,14H,6-7H2,1-5H3,(H,25,26). The second kappa shape index (κ2) is 8.12. The average Bonchev–Trinajstić information content (AvgIpc) is 3.01. The number of nitriles is 1. The van der Waals surface area contributed by atoms with Gasteiger partial charge in [-0.25, -0.2) is 4.98 Å². The molecule has 0 atom stereocenters. The molecule has 0 aliphatic heterocycles. The van der Waals surface area contributed by atoms with Crippen molar-refractivity contribution in [3.05, 3.63) is 46.0 Å². The van der Waals surface area contributed by atoms with E-state index >= 15 is 0 Å². The minimum Gasteiger partial charge on any atom is -0.495 e. The average molecular weight is 397 g/mol. The van der Waals surface area contributed by atoms with Gasteiger partial charge in [-0.2, -0.15) is 5.26 Å². The molecule has 0 radical (unpaired) electrons. The maximum Gasteiger partial charge on any atom is 0.208 e. The summed E-state index contributed by atoms with van der Waals surface area (Å²) in [6.07, 6.45) is 2.07. The molecule has 0 aliphatic rings. The number of imidazole rings is 1. The number of benzene rings is 2. The van der Waals surface area contributed by atoms with E-state index in [1.807, 2.05) is 30.7 Å². The fourth-order valence-corrected chi connectivity index (χ4v) is 4.02. The van der Waals surface area contributed by atoms with Gasteiger partial charge in [0.25, 0.3) is 0 Å². The molecule has 0 saturated carbocycles. The highest BCUT2D eigenvalue weighted by molar-refractivity contribution is 6.31. The molecular weight excluding hydrogens is 372 g/mol. The van der Waals surface area contributed by atoms with Crippen LogP contribution in [0, 0.1) is 18.3 Å². The second-order valence-electron chi connectivity index (χ2n) is 6.94. The number of rotatable bonds is 6. The quantitative estimate of drug-likeness (QED) is 0.549. The summed E-state index contributed by atoms with van der Waals surface area (Å²) in [5, 5.41) is 13.6. The largest absolute Gasteiger partial charge is 0.495 e. The predicted octanol–water partition coefficient (Wildman–Crippen LogP) is 6.06. The van der Waals surface area contributed by atoms with Crippen LogP contribution in [0.1, 0.15) is 49.3 Å². The Bertz CT molecular complexity index is 1060. The summed E-state index contributed by atoms with van der Waals surface area (Å²) in [6, 6.07) is 9.87. The van der Waals surface area contributed by atoms with Crippen molar-refractivity contribution < 1.29 is 4.74 Å². The van der Waals surface area contributed by atoms with E-state index in [1.165, 1.54) is 5.56 Å². The van der Waals surface area contributed by atoms with Crippen molar-refractivity contribution in [1.29, 1.82) is 5.26 Å². The number of nitrogens with zero attached hydrogens (tertiary/aromatic N) is 3. The van der Waals surface area contributed by atoms with E-state index in [-0.39, 0.29) is 0 Å². The first-order valence-electron chi connectivity index (χ1n) is 9.45. The van der Waals surface area contributed by atoms with Gasteiger partial charge < -0.3 is 14.6 Å². The van der Waals surface area contributed by atoms with Gasteiger partial charge in [0, 0.05) is 18.1 Å². The normalized spacial score (nSPS) is 11.1. The molecule has 1 N–H and O–H groups in total. The van der Waals surface area contributed by atoms with E-state index in [4.69, 9.17) is 21.3 Å². The number of hydrogen-bond donors (Lipinski definition) is 1. The van der Waals surface area contributed by atoms with E-state index in [0.717, 1.165) is 35.1 Å². The molecule has 3 aromatic rings. The van der Waals surface area contributed by atoms with Crippen LogP contribution in [0.5, 0.6) is 5.75 Å². The zero-order chi connectivity index (χ0) is 20.4. The van der Waals surface area contributed by atoms with Crippen LogP contribution in [0.4, 0.5) is 11.6 Å². The SMILES string of the molecule is CCC(CC)c1ccc(C#N)c2nc(Nc3c(C)cc(Cl)cc3OC)n(C)c12. The van der Waals surface area contributed by atoms with Gasteiger partial charge in [0.15, 0.2) is 0 Å². The van der Waals surface area contributed by atoms with Crippen molar-refractivity contribution in [2.45, 2.75) is 39.5 Å². The molecular formula is C22H25ClN4O. The van der Waals surface area contributed by atoms with Crippen molar-refractivity contribution in [2.24, 2.45) is 7.05 Å². The lowest BCUT2D eigenvalue weighted by Crippen LogP contribution is -2.04. The molecule has 3 rings (SSSR count). The Morgan fingerprint density at radius 3 is 2.61 bits per heavy atom. The third kappa shape index (κ3) is 3.41. The van der Waals surface area contributed by atoms with E-state index in [2.05, 4.69) is 31.3 Å². The molecule has 146 valence electrons. The molecule has 5 nitrogen and oxygen atoms in total. The van der Waals surface area contributed by atoms with E-state index in [0.29, 0.717) is 28.2 Å². The topological polar surface area (TPSA) is 62.9 Å². The number of aromatic nitrogens is 2. The van der Waals surface area contributed by atoms with E-state index in [9.17, 15) is 5.26 Å². The van der Waals surface area contributed by atoms with Crippen LogP contribution >= 0.6 is 11.6 Å². The summed E-state index contributed by atoms with van der Waals surface area (Å²) < 4.78 is 7.52. The van der Waals surface area contributed by atoms with Gasteiger partial charge in [0.2, 0.25) is 5.95 Å². The predicted molar refractivity (Wildman–Crippen MR) is 115 cm³/mol. The number of methoxy groups -OCH3 is 1. The molecule has 2 aromatic carbocycles. The maximum absolute atomic E-state index is 9.57. The van der Waals surface area contributed by atoms with Crippen LogP contribution in [0.15, 0.2) is 24.3 Å². The van der Waals surface area contributed by atoms with Gasteiger partial charge in [-0.3, -0.25) is 0 Å². The van der Waals surface area contributed by atoms with Gasteiger partial charge in [-0.05, 0) is 48.9 Å². The summed E-state index contributed by atoms with van der Waals surface area (Å²) in [5.74, 6) is 1.73. The van der Waals surface area contributed by atoms with E-state index in [1.54, 1.807) is 13.2 Å².